The molecule has 1 aliphatic rings. The summed E-state index contributed by atoms with van der Waals surface area (Å²) in [5.74, 6) is 0.767. The Morgan fingerprint density at radius 2 is 2.46 bits per heavy atom. The summed E-state index contributed by atoms with van der Waals surface area (Å²) in [5.41, 5.74) is 0. The number of hydrogen-bond donors (Lipinski definition) is 2. The van der Waals surface area contributed by atoms with Gasteiger partial charge in [0.05, 0.1) is 11.9 Å². The van der Waals surface area contributed by atoms with Crippen molar-refractivity contribution in [2.45, 2.75) is 25.9 Å². The van der Waals surface area contributed by atoms with Gasteiger partial charge < -0.3 is 10.1 Å². The van der Waals surface area contributed by atoms with Crippen LogP contribution >= 0.6 is 12.6 Å². The van der Waals surface area contributed by atoms with Crippen molar-refractivity contribution in [3.63, 3.8) is 0 Å². The third-order valence-corrected chi connectivity index (χ3v) is 2.74. The summed E-state index contributed by atoms with van der Waals surface area (Å²) in [4.78, 5) is 10.9. The first-order chi connectivity index (χ1) is 6.27. The predicted octanol–water partition coefficient (Wildman–Crippen LogP) is 0.847. The molecule has 1 aliphatic heterocycles. The fourth-order valence-electron chi connectivity index (χ4n) is 1.68. The molecule has 0 saturated carbocycles. The van der Waals surface area contributed by atoms with Crippen LogP contribution in [0.4, 0.5) is 0 Å². The Bertz CT molecular complexity index is 175. The van der Waals surface area contributed by atoms with Gasteiger partial charge in [-0.05, 0) is 12.8 Å². The molecule has 1 N–H and O–H groups in total. The molecule has 1 fully saturated rings. The Morgan fingerprint density at radius 1 is 1.69 bits per heavy atom. The first kappa shape index (κ1) is 10.9. The topological polar surface area (TPSA) is 38.3 Å². The number of rotatable bonds is 4. The summed E-state index contributed by atoms with van der Waals surface area (Å²) in [6.45, 7) is 3.68. The van der Waals surface area contributed by atoms with Gasteiger partial charge in [0.25, 0.3) is 0 Å². The van der Waals surface area contributed by atoms with Gasteiger partial charge in [-0.25, -0.2) is 0 Å². The van der Waals surface area contributed by atoms with E-state index >= 15 is 0 Å². The summed E-state index contributed by atoms with van der Waals surface area (Å²) in [6.07, 6.45) is 2.42. The molecule has 0 bridgehead atoms. The molecule has 0 aromatic heterocycles. The Balaban J connectivity index is 2.23. The first-order valence-corrected chi connectivity index (χ1v) is 5.40. The largest absolute Gasteiger partial charge is 0.378 e. The summed E-state index contributed by atoms with van der Waals surface area (Å²) >= 11 is 3.89. The van der Waals surface area contributed by atoms with Gasteiger partial charge in [-0.2, -0.15) is 12.6 Å². The van der Waals surface area contributed by atoms with E-state index in [9.17, 15) is 4.79 Å². The van der Waals surface area contributed by atoms with Crippen molar-refractivity contribution in [3.05, 3.63) is 0 Å². The van der Waals surface area contributed by atoms with Crippen LogP contribution in [0, 0.1) is 5.92 Å². The Kier molecular flexibility index (Phi) is 4.59. The monoisotopic (exact) mass is 203 g/mol. The third-order valence-electron chi connectivity index (χ3n) is 2.45. The minimum atomic E-state index is 0.00471. The molecule has 4 heteroatoms. The van der Waals surface area contributed by atoms with Gasteiger partial charge in [0, 0.05) is 19.1 Å². The van der Waals surface area contributed by atoms with Crippen LogP contribution in [0.1, 0.15) is 19.8 Å². The molecule has 1 heterocycles. The Morgan fingerprint density at radius 3 is 3.08 bits per heavy atom. The van der Waals surface area contributed by atoms with Crippen LogP contribution < -0.4 is 5.32 Å². The number of thiol groups is 1. The van der Waals surface area contributed by atoms with Crippen LogP contribution in [-0.2, 0) is 9.53 Å². The molecular weight excluding hydrogens is 186 g/mol. The van der Waals surface area contributed by atoms with Crippen LogP contribution in [-0.4, -0.2) is 30.9 Å². The number of ether oxygens (including phenoxy) is 1. The molecule has 0 aliphatic carbocycles. The van der Waals surface area contributed by atoms with Crippen molar-refractivity contribution in [1.82, 2.24) is 5.32 Å². The number of carbonyl (C=O) groups is 1. The summed E-state index contributed by atoms with van der Waals surface area (Å²) in [7, 11) is 0. The van der Waals surface area contributed by atoms with E-state index < -0.39 is 0 Å². The smallest absolute Gasteiger partial charge is 0.229 e. The standard InChI is InChI=1S/C9H17NO2S/c1-2-8-7(3-4-12-8)5-10-9(11)6-13/h7-8,13H,2-6H2,1H3,(H,10,11). The fourth-order valence-corrected chi connectivity index (χ4v) is 1.79. The Labute approximate surface area is 84.6 Å². The highest BCUT2D eigenvalue weighted by atomic mass is 32.1. The molecule has 1 saturated heterocycles. The lowest BCUT2D eigenvalue weighted by Gasteiger charge is -2.16. The lowest BCUT2D eigenvalue weighted by Crippen LogP contribution is -2.33. The van der Waals surface area contributed by atoms with E-state index in [4.69, 9.17) is 4.74 Å². The van der Waals surface area contributed by atoms with Crippen LogP contribution in [0.2, 0.25) is 0 Å². The molecular formula is C9H17NO2S. The number of carbonyl (C=O) groups excluding carboxylic acids is 1. The van der Waals surface area contributed by atoms with Crippen molar-refractivity contribution in [3.8, 4) is 0 Å². The minimum absolute atomic E-state index is 0.00471. The molecule has 0 spiro atoms. The van der Waals surface area contributed by atoms with Crippen molar-refractivity contribution in [2.24, 2.45) is 5.92 Å². The van der Waals surface area contributed by atoms with E-state index in [2.05, 4.69) is 24.9 Å². The van der Waals surface area contributed by atoms with Gasteiger partial charge in [0.15, 0.2) is 0 Å². The summed E-state index contributed by atoms with van der Waals surface area (Å²) in [5, 5.41) is 2.84. The molecule has 0 aromatic rings. The third kappa shape index (κ3) is 3.19. The molecule has 13 heavy (non-hydrogen) atoms. The number of hydrogen-bond acceptors (Lipinski definition) is 3. The number of nitrogens with one attached hydrogen (secondary N) is 1. The average molecular weight is 203 g/mol. The second kappa shape index (κ2) is 5.50. The zero-order chi connectivity index (χ0) is 9.68. The fraction of sp³-hybridized carbons (Fsp3) is 0.889. The maximum Gasteiger partial charge on any atom is 0.229 e. The highest BCUT2D eigenvalue weighted by Crippen LogP contribution is 2.22. The van der Waals surface area contributed by atoms with Crippen molar-refractivity contribution >= 4 is 18.5 Å². The van der Waals surface area contributed by atoms with Gasteiger partial charge in [0.2, 0.25) is 5.91 Å². The van der Waals surface area contributed by atoms with Gasteiger partial charge in [-0.1, -0.05) is 6.92 Å². The van der Waals surface area contributed by atoms with Gasteiger partial charge in [-0.15, -0.1) is 0 Å². The van der Waals surface area contributed by atoms with Crippen molar-refractivity contribution in [1.29, 1.82) is 0 Å². The second-order valence-corrected chi connectivity index (χ2v) is 3.64. The van der Waals surface area contributed by atoms with E-state index in [1.165, 1.54) is 0 Å². The van der Waals surface area contributed by atoms with E-state index in [0.717, 1.165) is 26.0 Å². The molecule has 0 radical (unpaired) electrons. The van der Waals surface area contributed by atoms with Crippen LogP contribution in [0.3, 0.4) is 0 Å². The van der Waals surface area contributed by atoms with E-state index in [1.807, 2.05) is 0 Å². The maximum absolute atomic E-state index is 10.9. The predicted molar refractivity (Wildman–Crippen MR) is 55.0 cm³/mol. The quantitative estimate of drug-likeness (QED) is 0.665. The highest BCUT2D eigenvalue weighted by molar-refractivity contribution is 7.81. The molecule has 3 nitrogen and oxygen atoms in total. The maximum atomic E-state index is 10.9. The lowest BCUT2D eigenvalue weighted by atomic mass is 10.00. The van der Waals surface area contributed by atoms with E-state index in [0.29, 0.717) is 12.0 Å². The van der Waals surface area contributed by atoms with Gasteiger partial charge in [0.1, 0.15) is 0 Å². The van der Waals surface area contributed by atoms with Crippen LogP contribution in [0.5, 0.6) is 0 Å². The normalized spacial score (nSPS) is 27.5. The van der Waals surface area contributed by atoms with Crippen molar-refractivity contribution < 1.29 is 9.53 Å². The molecule has 1 rings (SSSR count). The molecule has 2 unspecified atom stereocenters. The molecule has 76 valence electrons. The number of amides is 1. The van der Waals surface area contributed by atoms with Gasteiger partial charge in [-0.3, -0.25) is 4.79 Å². The Hall–Kier alpha value is -0.220. The lowest BCUT2D eigenvalue weighted by molar-refractivity contribution is -0.118. The minimum Gasteiger partial charge on any atom is -0.378 e. The second-order valence-electron chi connectivity index (χ2n) is 3.33. The zero-order valence-corrected chi connectivity index (χ0v) is 8.85. The molecule has 1 amide bonds. The highest BCUT2D eigenvalue weighted by Gasteiger charge is 2.26. The molecule has 2 atom stereocenters. The first-order valence-electron chi connectivity index (χ1n) is 4.77. The summed E-state index contributed by atoms with van der Waals surface area (Å²) < 4.78 is 5.51. The van der Waals surface area contributed by atoms with Crippen LogP contribution in [0.15, 0.2) is 0 Å². The summed E-state index contributed by atoms with van der Waals surface area (Å²) in [6, 6.07) is 0. The average Bonchev–Trinajstić information content (AvgIpc) is 2.61. The van der Waals surface area contributed by atoms with E-state index in [-0.39, 0.29) is 11.7 Å². The van der Waals surface area contributed by atoms with E-state index in [1.54, 1.807) is 0 Å². The zero-order valence-electron chi connectivity index (χ0n) is 7.95. The molecule has 0 aromatic carbocycles. The van der Waals surface area contributed by atoms with Crippen molar-refractivity contribution in [2.75, 3.05) is 18.9 Å². The SMILES string of the molecule is CCC1OCCC1CNC(=O)CS. The van der Waals surface area contributed by atoms with Crippen LogP contribution in [0.25, 0.3) is 0 Å². The van der Waals surface area contributed by atoms with Gasteiger partial charge >= 0.3 is 0 Å².